The summed E-state index contributed by atoms with van der Waals surface area (Å²) in [7, 11) is 3.07. The maximum absolute atomic E-state index is 12.2. The van der Waals surface area contributed by atoms with E-state index < -0.39 is 0 Å². The largest absolute Gasteiger partial charge is 0.493 e. The number of carbonyl (C=O) groups excluding carboxylic acids is 2. The topological polar surface area (TPSA) is 67.9 Å². The molecule has 2 rings (SSSR count). The number of hydrogen-bond acceptors (Lipinski definition) is 4. The van der Waals surface area contributed by atoms with Gasteiger partial charge in [-0.05, 0) is 30.3 Å². The number of benzene rings is 2. The molecule has 2 aromatic carbocycles. The average Bonchev–Trinajstić information content (AvgIpc) is 2.61. The van der Waals surface area contributed by atoms with E-state index in [1.807, 2.05) is 0 Å². The van der Waals surface area contributed by atoms with Crippen molar-refractivity contribution < 1.29 is 19.1 Å². The van der Waals surface area contributed by atoms with Gasteiger partial charge in [-0.2, -0.15) is 0 Å². The number of carbonyl (C=O) groups is 2. The summed E-state index contributed by atoms with van der Waals surface area (Å²) in [5, 5.41) is 3.30. The zero-order valence-corrected chi connectivity index (χ0v) is 15.7. The van der Waals surface area contributed by atoms with E-state index in [-0.39, 0.29) is 24.8 Å². The summed E-state index contributed by atoms with van der Waals surface area (Å²) >= 11 is 5.90. The van der Waals surface area contributed by atoms with Crippen molar-refractivity contribution in [1.82, 2.24) is 0 Å². The van der Waals surface area contributed by atoms with Gasteiger partial charge in [0.25, 0.3) is 0 Å². The summed E-state index contributed by atoms with van der Waals surface area (Å²) in [5.41, 5.74) is 1.24. The first kappa shape index (κ1) is 19.6. The average molecular weight is 377 g/mol. The standard InChI is InChI=1S/C19H21ClN2O4/c1-13(23)22(16-7-8-17(25-2)18(12-16)26-3)10-9-19(24)21-15-6-4-5-14(20)11-15/h4-8,11-12H,9-10H2,1-3H3,(H,21,24). The quantitative estimate of drug-likeness (QED) is 0.799. The second kappa shape index (κ2) is 9.10. The van der Waals surface area contributed by atoms with Crippen LogP contribution in [0.1, 0.15) is 13.3 Å². The second-order valence-electron chi connectivity index (χ2n) is 5.52. The lowest BCUT2D eigenvalue weighted by molar-refractivity contribution is -0.117. The van der Waals surface area contributed by atoms with Crippen LogP contribution in [0.5, 0.6) is 11.5 Å². The fourth-order valence-electron chi connectivity index (χ4n) is 2.46. The van der Waals surface area contributed by atoms with Crippen molar-refractivity contribution in [2.75, 3.05) is 31.0 Å². The van der Waals surface area contributed by atoms with Crippen LogP contribution in [-0.4, -0.2) is 32.6 Å². The number of methoxy groups -OCH3 is 2. The third-order valence-corrected chi connectivity index (χ3v) is 3.96. The highest BCUT2D eigenvalue weighted by Crippen LogP contribution is 2.31. The van der Waals surface area contributed by atoms with Gasteiger partial charge in [-0.15, -0.1) is 0 Å². The summed E-state index contributed by atoms with van der Waals surface area (Å²) in [4.78, 5) is 25.7. The molecule has 0 unspecified atom stereocenters. The number of amides is 2. The number of ether oxygens (including phenoxy) is 2. The fraction of sp³-hybridized carbons (Fsp3) is 0.263. The number of hydrogen-bond donors (Lipinski definition) is 1. The molecule has 6 nitrogen and oxygen atoms in total. The van der Waals surface area contributed by atoms with Crippen LogP contribution < -0.4 is 19.7 Å². The SMILES string of the molecule is COc1ccc(N(CCC(=O)Nc2cccc(Cl)c2)C(C)=O)cc1OC. The molecule has 2 amide bonds. The summed E-state index contributed by atoms with van der Waals surface area (Å²) in [6, 6.07) is 12.1. The highest BCUT2D eigenvalue weighted by molar-refractivity contribution is 6.30. The van der Waals surface area contributed by atoms with Gasteiger partial charge < -0.3 is 19.7 Å². The molecule has 0 saturated heterocycles. The lowest BCUT2D eigenvalue weighted by Crippen LogP contribution is -2.32. The Morgan fingerprint density at radius 3 is 2.42 bits per heavy atom. The molecule has 0 spiro atoms. The van der Waals surface area contributed by atoms with E-state index in [0.29, 0.717) is 27.9 Å². The van der Waals surface area contributed by atoms with Crippen LogP contribution in [0, 0.1) is 0 Å². The van der Waals surface area contributed by atoms with E-state index >= 15 is 0 Å². The highest BCUT2D eigenvalue weighted by Gasteiger charge is 2.16. The van der Waals surface area contributed by atoms with Gasteiger partial charge >= 0.3 is 0 Å². The van der Waals surface area contributed by atoms with Crippen molar-refractivity contribution >= 4 is 34.8 Å². The predicted octanol–water partition coefficient (Wildman–Crippen LogP) is 3.74. The number of nitrogens with zero attached hydrogens (tertiary/aromatic N) is 1. The molecule has 0 radical (unpaired) electrons. The second-order valence-corrected chi connectivity index (χ2v) is 5.95. The molecule has 0 bridgehead atoms. The summed E-state index contributed by atoms with van der Waals surface area (Å²) < 4.78 is 10.5. The Morgan fingerprint density at radius 2 is 1.81 bits per heavy atom. The van der Waals surface area contributed by atoms with Gasteiger partial charge in [0.05, 0.1) is 14.2 Å². The lowest BCUT2D eigenvalue weighted by Gasteiger charge is -2.22. The first-order chi connectivity index (χ1) is 12.4. The van der Waals surface area contributed by atoms with Crippen LogP contribution in [0.2, 0.25) is 5.02 Å². The van der Waals surface area contributed by atoms with Gasteiger partial charge in [-0.25, -0.2) is 0 Å². The molecule has 1 N–H and O–H groups in total. The Hall–Kier alpha value is -2.73. The van der Waals surface area contributed by atoms with Gasteiger partial charge in [0.2, 0.25) is 11.8 Å². The minimum Gasteiger partial charge on any atom is -0.493 e. The van der Waals surface area contributed by atoms with Crippen molar-refractivity contribution in [3.63, 3.8) is 0 Å². The zero-order valence-electron chi connectivity index (χ0n) is 14.9. The molecule has 0 aliphatic carbocycles. The molecular formula is C19H21ClN2O4. The molecular weight excluding hydrogens is 356 g/mol. The number of anilines is 2. The molecule has 0 saturated carbocycles. The van der Waals surface area contributed by atoms with Crippen LogP contribution in [0.4, 0.5) is 11.4 Å². The van der Waals surface area contributed by atoms with E-state index in [4.69, 9.17) is 21.1 Å². The van der Waals surface area contributed by atoms with Gasteiger partial charge in [0.15, 0.2) is 11.5 Å². The molecule has 2 aromatic rings. The number of nitrogens with one attached hydrogen (secondary N) is 1. The molecule has 0 aliphatic rings. The number of rotatable bonds is 7. The number of halogens is 1. The minimum atomic E-state index is -0.209. The van der Waals surface area contributed by atoms with Crippen LogP contribution in [0.25, 0.3) is 0 Å². The third kappa shape index (κ3) is 5.13. The third-order valence-electron chi connectivity index (χ3n) is 3.73. The van der Waals surface area contributed by atoms with Crippen molar-refractivity contribution in [3.05, 3.63) is 47.5 Å². The van der Waals surface area contributed by atoms with E-state index in [0.717, 1.165) is 0 Å². The summed E-state index contributed by atoms with van der Waals surface area (Å²) in [6.07, 6.45) is 0.139. The van der Waals surface area contributed by atoms with Crippen LogP contribution >= 0.6 is 11.6 Å². The molecule has 0 fully saturated rings. The maximum Gasteiger partial charge on any atom is 0.226 e. The molecule has 7 heteroatoms. The zero-order chi connectivity index (χ0) is 19.1. The van der Waals surface area contributed by atoms with Crippen molar-refractivity contribution in [2.45, 2.75) is 13.3 Å². The van der Waals surface area contributed by atoms with Crippen molar-refractivity contribution in [1.29, 1.82) is 0 Å². The smallest absolute Gasteiger partial charge is 0.226 e. The molecule has 0 heterocycles. The predicted molar refractivity (Wildman–Crippen MR) is 102 cm³/mol. The maximum atomic E-state index is 12.2. The summed E-state index contributed by atoms with van der Waals surface area (Å²) in [5.74, 6) is 0.699. The fourth-order valence-corrected chi connectivity index (χ4v) is 2.65. The Balaban J connectivity index is 2.06. The van der Waals surface area contributed by atoms with Gasteiger partial charge in [-0.3, -0.25) is 9.59 Å². The first-order valence-corrected chi connectivity index (χ1v) is 8.38. The first-order valence-electron chi connectivity index (χ1n) is 8.00. The van der Waals surface area contributed by atoms with Gasteiger partial charge in [0.1, 0.15) is 0 Å². The normalized spacial score (nSPS) is 10.2. The molecule has 0 aromatic heterocycles. The minimum absolute atomic E-state index is 0.139. The van der Waals surface area contributed by atoms with E-state index in [2.05, 4.69) is 5.32 Å². The Bertz CT molecular complexity index is 795. The lowest BCUT2D eigenvalue weighted by atomic mass is 10.2. The Labute approximate surface area is 157 Å². The molecule has 0 aliphatic heterocycles. The van der Waals surface area contributed by atoms with Gasteiger partial charge in [-0.1, -0.05) is 17.7 Å². The Morgan fingerprint density at radius 1 is 1.08 bits per heavy atom. The van der Waals surface area contributed by atoms with E-state index in [9.17, 15) is 9.59 Å². The molecule has 138 valence electrons. The van der Waals surface area contributed by atoms with Crippen molar-refractivity contribution in [3.8, 4) is 11.5 Å². The van der Waals surface area contributed by atoms with E-state index in [1.54, 1.807) is 49.6 Å². The van der Waals surface area contributed by atoms with Crippen molar-refractivity contribution in [2.24, 2.45) is 0 Å². The van der Waals surface area contributed by atoms with Crippen LogP contribution in [-0.2, 0) is 9.59 Å². The van der Waals surface area contributed by atoms with E-state index in [1.165, 1.54) is 18.9 Å². The molecule has 26 heavy (non-hydrogen) atoms. The van der Waals surface area contributed by atoms with Crippen LogP contribution in [0.3, 0.4) is 0 Å². The monoisotopic (exact) mass is 376 g/mol. The Kier molecular flexibility index (Phi) is 6.86. The van der Waals surface area contributed by atoms with Gasteiger partial charge in [0, 0.05) is 42.4 Å². The summed E-state index contributed by atoms with van der Waals surface area (Å²) in [6.45, 7) is 1.68. The molecule has 0 atom stereocenters. The highest BCUT2D eigenvalue weighted by atomic mass is 35.5. The van der Waals surface area contributed by atoms with Crippen LogP contribution in [0.15, 0.2) is 42.5 Å².